The minimum Gasteiger partial charge on any atom is -0.497 e. The van der Waals surface area contributed by atoms with E-state index >= 15 is 0 Å². The van der Waals surface area contributed by atoms with Crippen LogP contribution < -0.4 is 15.4 Å². The number of carbonyl (C=O) groups is 3. The highest BCUT2D eigenvalue weighted by Crippen LogP contribution is 2.23. The van der Waals surface area contributed by atoms with Gasteiger partial charge in [0.2, 0.25) is 11.8 Å². The fourth-order valence-electron chi connectivity index (χ4n) is 3.92. The standard InChI is InChI=1S/C24H34N4O5/c1-24(2,3)33-23(31)26-11-10-25-22(30)18-6-5-12-28(15-18)21(29)16-27-13-9-17-14-19(32-4)7-8-20(17)27/h7-9,13-14,18H,5-6,10-12,15-16H2,1-4H3,(H,25,30)(H,26,31). The van der Waals surface area contributed by atoms with Crippen molar-refractivity contribution >= 4 is 28.8 Å². The first-order valence-electron chi connectivity index (χ1n) is 11.3. The number of amides is 3. The molecule has 33 heavy (non-hydrogen) atoms. The number of methoxy groups -OCH3 is 1. The number of hydrogen-bond donors (Lipinski definition) is 2. The molecule has 0 bridgehead atoms. The van der Waals surface area contributed by atoms with E-state index in [0.29, 0.717) is 19.6 Å². The van der Waals surface area contributed by atoms with E-state index in [9.17, 15) is 14.4 Å². The van der Waals surface area contributed by atoms with Crippen LogP contribution in [0.25, 0.3) is 10.9 Å². The molecule has 1 unspecified atom stereocenters. The quantitative estimate of drug-likeness (QED) is 0.621. The average Bonchev–Trinajstić information content (AvgIpc) is 3.17. The van der Waals surface area contributed by atoms with Crippen LogP contribution in [0.3, 0.4) is 0 Å². The summed E-state index contributed by atoms with van der Waals surface area (Å²) in [4.78, 5) is 39.0. The summed E-state index contributed by atoms with van der Waals surface area (Å²) in [5, 5.41) is 6.48. The van der Waals surface area contributed by atoms with Crippen molar-refractivity contribution < 1.29 is 23.9 Å². The lowest BCUT2D eigenvalue weighted by atomic mass is 9.97. The summed E-state index contributed by atoms with van der Waals surface area (Å²) in [6.07, 6.45) is 2.90. The third kappa shape index (κ3) is 6.87. The molecule has 0 radical (unpaired) electrons. The number of alkyl carbamates (subject to hydrolysis) is 1. The number of nitrogens with zero attached hydrogens (tertiary/aromatic N) is 2. The Morgan fingerprint density at radius 1 is 1.12 bits per heavy atom. The lowest BCUT2D eigenvalue weighted by Gasteiger charge is -2.32. The number of nitrogens with one attached hydrogen (secondary N) is 2. The van der Waals surface area contributed by atoms with Crippen LogP contribution in [0.4, 0.5) is 4.79 Å². The predicted molar refractivity (Wildman–Crippen MR) is 125 cm³/mol. The van der Waals surface area contributed by atoms with Crippen LogP contribution in [0.5, 0.6) is 5.75 Å². The molecule has 1 atom stereocenters. The van der Waals surface area contributed by atoms with Crippen LogP contribution in [0.15, 0.2) is 30.5 Å². The van der Waals surface area contributed by atoms with Gasteiger partial charge in [0.15, 0.2) is 0 Å². The Morgan fingerprint density at radius 3 is 2.61 bits per heavy atom. The molecule has 1 fully saturated rings. The van der Waals surface area contributed by atoms with Crippen molar-refractivity contribution in [3.8, 4) is 5.75 Å². The number of benzene rings is 1. The lowest BCUT2D eigenvalue weighted by molar-refractivity contribution is -0.136. The molecule has 2 heterocycles. The summed E-state index contributed by atoms with van der Waals surface area (Å²) in [6, 6.07) is 7.72. The highest BCUT2D eigenvalue weighted by atomic mass is 16.6. The van der Waals surface area contributed by atoms with E-state index in [-0.39, 0.29) is 30.8 Å². The van der Waals surface area contributed by atoms with Gasteiger partial charge in [-0.3, -0.25) is 9.59 Å². The summed E-state index contributed by atoms with van der Waals surface area (Å²) in [7, 11) is 1.63. The first-order chi connectivity index (χ1) is 15.7. The molecule has 9 nitrogen and oxygen atoms in total. The minimum absolute atomic E-state index is 0.00703. The number of ether oxygens (including phenoxy) is 2. The maximum atomic E-state index is 12.9. The fourth-order valence-corrected chi connectivity index (χ4v) is 3.92. The number of rotatable bonds is 7. The van der Waals surface area contributed by atoms with E-state index < -0.39 is 11.7 Å². The Hall–Kier alpha value is -3.23. The first kappa shape index (κ1) is 24.4. The highest BCUT2D eigenvalue weighted by molar-refractivity contribution is 5.85. The van der Waals surface area contributed by atoms with Crippen LogP contribution in [0, 0.1) is 5.92 Å². The number of piperidine rings is 1. The van der Waals surface area contributed by atoms with Gasteiger partial charge in [0.05, 0.1) is 13.0 Å². The number of fused-ring (bicyclic) bond motifs is 1. The molecular weight excluding hydrogens is 424 g/mol. The Kier molecular flexibility index (Phi) is 7.84. The third-order valence-electron chi connectivity index (χ3n) is 5.52. The maximum absolute atomic E-state index is 12.9. The van der Waals surface area contributed by atoms with Gasteiger partial charge >= 0.3 is 6.09 Å². The van der Waals surface area contributed by atoms with Crippen molar-refractivity contribution in [1.29, 1.82) is 0 Å². The molecular formula is C24H34N4O5. The second-order valence-electron chi connectivity index (χ2n) is 9.27. The van der Waals surface area contributed by atoms with Crippen LogP contribution in [0.1, 0.15) is 33.6 Å². The van der Waals surface area contributed by atoms with E-state index in [1.807, 2.05) is 35.0 Å². The molecule has 180 valence electrons. The maximum Gasteiger partial charge on any atom is 0.407 e. The molecule has 1 aromatic carbocycles. The normalized spacial score (nSPS) is 16.4. The van der Waals surface area contributed by atoms with Crippen molar-refractivity contribution in [2.75, 3.05) is 33.3 Å². The summed E-state index contributed by atoms with van der Waals surface area (Å²) >= 11 is 0. The van der Waals surface area contributed by atoms with Crippen molar-refractivity contribution in [3.63, 3.8) is 0 Å². The van der Waals surface area contributed by atoms with E-state index in [2.05, 4.69) is 10.6 Å². The van der Waals surface area contributed by atoms with Crippen molar-refractivity contribution in [3.05, 3.63) is 30.5 Å². The van der Waals surface area contributed by atoms with E-state index in [1.165, 1.54) is 0 Å². The largest absolute Gasteiger partial charge is 0.497 e. The topological polar surface area (TPSA) is 102 Å². The van der Waals surface area contributed by atoms with Gasteiger partial charge in [-0.15, -0.1) is 0 Å². The van der Waals surface area contributed by atoms with Gasteiger partial charge in [-0.2, -0.15) is 0 Å². The van der Waals surface area contributed by atoms with Gasteiger partial charge in [0.1, 0.15) is 17.9 Å². The molecule has 1 aliphatic rings. The number of hydrogen-bond acceptors (Lipinski definition) is 5. The smallest absolute Gasteiger partial charge is 0.407 e. The average molecular weight is 459 g/mol. The Labute approximate surface area is 194 Å². The zero-order valence-electron chi connectivity index (χ0n) is 19.8. The van der Waals surface area contributed by atoms with Crippen LogP contribution >= 0.6 is 0 Å². The third-order valence-corrected chi connectivity index (χ3v) is 5.52. The van der Waals surface area contributed by atoms with Crippen LogP contribution in [-0.4, -0.2) is 66.3 Å². The van der Waals surface area contributed by atoms with Crippen molar-refractivity contribution in [2.24, 2.45) is 5.92 Å². The summed E-state index contributed by atoms with van der Waals surface area (Å²) in [6.45, 7) is 7.24. The van der Waals surface area contributed by atoms with Crippen molar-refractivity contribution in [1.82, 2.24) is 20.1 Å². The molecule has 0 spiro atoms. The number of likely N-dealkylation sites (tertiary alicyclic amines) is 1. The Bertz CT molecular complexity index is 994. The van der Waals surface area contributed by atoms with Gasteiger partial charge in [-0.25, -0.2) is 4.79 Å². The molecule has 2 N–H and O–H groups in total. The molecule has 2 aromatic rings. The molecule has 9 heteroatoms. The minimum atomic E-state index is -0.564. The van der Waals surface area contributed by atoms with Gasteiger partial charge in [-0.1, -0.05) is 0 Å². The second kappa shape index (κ2) is 10.6. The zero-order chi connectivity index (χ0) is 24.0. The molecule has 3 rings (SSSR count). The monoisotopic (exact) mass is 458 g/mol. The molecule has 1 aromatic heterocycles. The highest BCUT2D eigenvalue weighted by Gasteiger charge is 2.28. The van der Waals surface area contributed by atoms with Gasteiger partial charge in [-0.05, 0) is 57.9 Å². The lowest BCUT2D eigenvalue weighted by Crippen LogP contribution is -2.47. The zero-order valence-corrected chi connectivity index (χ0v) is 19.8. The first-order valence-corrected chi connectivity index (χ1v) is 11.3. The Morgan fingerprint density at radius 2 is 1.88 bits per heavy atom. The Balaban J connectivity index is 1.47. The number of aromatic nitrogens is 1. The predicted octanol–water partition coefficient (Wildman–Crippen LogP) is 2.53. The number of carbonyl (C=O) groups excluding carboxylic acids is 3. The van der Waals surface area contributed by atoms with E-state index in [1.54, 1.807) is 32.8 Å². The molecule has 1 saturated heterocycles. The molecule has 0 aliphatic carbocycles. The molecule has 3 amide bonds. The summed E-state index contributed by atoms with van der Waals surface area (Å²) < 4.78 is 12.3. The van der Waals surface area contributed by atoms with Gasteiger partial charge in [0.25, 0.3) is 0 Å². The van der Waals surface area contributed by atoms with Crippen LogP contribution in [0.2, 0.25) is 0 Å². The summed E-state index contributed by atoms with van der Waals surface area (Å²) in [5.41, 5.74) is 0.401. The van der Waals surface area contributed by atoms with E-state index in [4.69, 9.17) is 9.47 Å². The second-order valence-corrected chi connectivity index (χ2v) is 9.27. The fraction of sp³-hybridized carbons (Fsp3) is 0.542. The molecule has 0 saturated carbocycles. The van der Waals surface area contributed by atoms with Crippen molar-refractivity contribution in [2.45, 2.75) is 45.8 Å². The SMILES string of the molecule is COc1ccc2c(ccn2CC(=O)N2CCCC(C(=O)NCCNC(=O)OC(C)(C)C)C2)c1. The van der Waals surface area contributed by atoms with E-state index in [0.717, 1.165) is 29.5 Å². The molecule has 1 aliphatic heterocycles. The van der Waals surface area contributed by atoms with Gasteiger partial charge in [0, 0.05) is 43.3 Å². The summed E-state index contributed by atoms with van der Waals surface area (Å²) in [5.74, 6) is 0.414. The van der Waals surface area contributed by atoms with Gasteiger partial charge < -0.3 is 29.6 Å². The van der Waals surface area contributed by atoms with Crippen LogP contribution in [-0.2, 0) is 20.9 Å².